The molecule has 4 rings (SSSR count). The lowest BCUT2D eigenvalue weighted by Crippen LogP contribution is -2.36. The monoisotopic (exact) mass is 417 g/mol. The Balaban J connectivity index is 1.62. The number of carbonyl (C=O) groups excluding carboxylic acids is 2. The van der Waals surface area contributed by atoms with E-state index in [1.54, 1.807) is 0 Å². The van der Waals surface area contributed by atoms with Crippen LogP contribution < -0.4 is 5.32 Å². The Labute approximate surface area is 174 Å². The molecule has 0 unspecified atom stereocenters. The summed E-state index contributed by atoms with van der Waals surface area (Å²) in [5.74, 6) is -2.51. The van der Waals surface area contributed by atoms with Crippen LogP contribution in [0.2, 0.25) is 0 Å². The van der Waals surface area contributed by atoms with Crippen LogP contribution in [0.3, 0.4) is 0 Å². The van der Waals surface area contributed by atoms with E-state index in [1.165, 1.54) is 11.3 Å². The van der Waals surface area contributed by atoms with Crippen molar-refractivity contribution >= 4 is 34.2 Å². The Bertz CT molecular complexity index is 873. The average molecular weight is 418 g/mol. The van der Waals surface area contributed by atoms with Gasteiger partial charge in [-0.2, -0.15) is 0 Å². The number of thiophene rings is 1. The number of rotatable bonds is 6. The summed E-state index contributed by atoms with van der Waals surface area (Å²) in [6, 6.07) is 0. The molecular weight excluding hydrogens is 390 g/mol. The van der Waals surface area contributed by atoms with Gasteiger partial charge in [0.05, 0.1) is 24.0 Å². The quantitative estimate of drug-likeness (QED) is 0.541. The highest BCUT2D eigenvalue weighted by atomic mass is 32.1. The summed E-state index contributed by atoms with van der Waals surface area (Å²) >= 11 is 1.45. The van der Waals surface area contributed by atoms with Crippen molar-refractivity contribution in [3.8, 4) is 0 Å². The molecule has 1 saturated carbocycles. The van der Waals surface area contributed by atoms with Crippen LogP contribution in [0.25, 0.3) is 0 Å². The lowest BCUT2D eigenvalue weighted by molar-refractivity contribution is -0.146. The Kier molecular flexibility index (Phi) is 5.51. The number of carboxylic acid groups (broad SMARTS) is 1. The molecule has 3 aliphatic carbocycles. The number of carboxylic acids is 1. The Morgan fingerprint density at radius 2 is 1.97 bits per heavy atom. The number of nitrogens with one attached hydrogen (secondary N) is 1. The molecule has 0 aromatic carbocycles. The highest BCUT2D eigenvalue weighted by Gasteiger charge is 2.51. The zero-order valence-corrected chi connectivity index (χ0v) is 17.6. The molecule has 2 N–H and O–H groups in total. The highest BCUT2D eigenvalue weighted by molar-refractivity contribution is 7.17. The van der Waals surface area contributed by atoms with E-state index in [1.807, 2.05) is 19.1 Å². The molecule has 0 saturated heterocycles. The van der Waals surface area contributed by atoms with Gasteiger partial charge >= 0.3 is 11.9 Å². The van der Waals surface area contributed by atoms with Crippen molar-refractivity contribution in [2.24, 2.45) is 29.6 Å². The molecule has 1 amide bonds. The second-order valence-electron chi connectivity index (χ2n) is 8.52. The van der Waals surface area contributed by atoms with Crippen LogP contribution in [0.5, 0.6) is 0 Å². The van der Waals surface area contributed by atoms with Gasteiger partial charge in [-0.25, -0.2) is 4.79 Å². The van der Waals surface area contributed by atoms with E-state index in [-0.39, 0.29) is 17.7 Å². The predicted octanol–water partition coefficient (Wildman–Crippen LogP) is 3.90. The first kappa shape index (κ1) is 20.1. The molecule has 29 heavy (non-hydrogen) atoms. The van der Waals surface area contributed by atoms with E-state index in [4.69, 9.17) is 4.74 Å². The third-order valence-electron chi connectivity index (χ3n) is 6.44. The van der Waals surface area contributed by atoms with Crippen LogP contribution in [0.4, 0.5) is 5.00 Å². The maximum atomic E-state index is 13.1. The predicted molar refractivity (Wildman–Crippen MR) is 110 cm³/mol. The van der Waals surface area contributed by atoms with Gasteiger partial charge in [0.15, 0.2) is 0 Å². The van der Waals surface area contributed by atoms with Gasteiger partial charge in [0.1, 0.15) is 5.00 Å². The maximum Gasteiger partial charge on any atom is 0.341 e. The Hall–Kier alpha value is -2.15. The minimum atomic E-state index is -0.927. The molecule has 1 heterocycles. The van der Waals surface area contributed by atoms with Crippen molar-refractivity contribution in [2.45, 2.75) is 46.0 Å². The summed E-state index contributed by atoms with van der Waals surface area (Å²) in [4.78, 5) is 38.8. The highest BCUT2D eigenvalue weighted by Crippen LogP contribution is 2.49. The topological polar surface area (TPSA) is 92.7 Å². The number of hydrogen-bond donors (Lipinski definition) is 2. The van der Waals surface area contributed by atoms with E-state index >= 15 is 0 Å². The second-order valence-corrected chi connectivity index (χ2v) is 9.62. The number of hydrogen-bond acceptors (Lipinski definition) is 5. The van der Waals surface area contributed by atoms with Crippen LogP contribution in [0, 0.1) is 29.6 Å². The summed E-state index contributed by atoms with van der Waals surface area (Å²) in [5, 5.41) is 13.1. The molecule has 0 aliphatic heterocycles. The molecule has 7 heteroatoms. The van der Waals surface area contributed by atoms with E-state index in [0.717, 1.165) is 36.1 Å². The Morgan fingerprint density at radius 3 is 2.66 bits per heavy atom. The number of ether oxygens (including phenoxy) is 1. The molecule has 0 spiro atoms. The fourth-order valence-electron chi connectivity index (χ4n) is 5.03. The van der Waals surface area contributed by atoms with Crippen molar-refractivity contribution in [1.82, 2.24) is 0 Å². The SMILES string of the molecule is CCCOC(=O)c1c(NC(=O)[C@@H]2[C@@H](C(=O)O)[C@H]3C=C[C@@H]2C3)sc2c1CC[C@H](C)C2. The largest absolute Gasteiger partial charge is 0.481 e. The van der Waals surface area contributed by atoms with Gasteiger partial charge in [-0.1, -0.05) is 26.0 Å². The minimum Gasteiger partial charge on any atom is -0.481 e. The van der Waals surface area contributed by atoms with Gasteiger partial charge < -0.3 is 15.2 Å². The standard InChI is InChI=1S/C22H27NO5S/c1-3-8-28-22(27)18-14-7-4-11(2)9-15(14)29-20(18)23-19(24)16-12-5-6-13(10-12)17(16)21(25)26/h5-6,11-13,16-17H,3-4,7-10H2,1-2H3,(H,23,24)(H,25,26)/t11-,12+,13-,16-,17-/m0/s1. The van der Waals surface area contributed by atoms with E-state index < -0.39 is 23.8 Å². The zero-order chi connectivity index (χ0) is 20.7. The number of allylic oxidation sites excluding steroid dienone is 2. The smallest absolute Gasteiger partial charge is 0.341 e. The van der Waals surface area contributed by atoms with Gasteiger partial charge in [-0.3, -0.25) is 9.59 Å². The molecule has 156 valence electrons. The molecule has 3 aliphatic rings. The number of esters is 1. The third kappa shape index (κ3) is 3.61. The summed E-state index contributed by atoms with van der Waals surface area (Å²) in [5.41, 5.74) is 1.47. The number of fused-ring (bicyclic) bond motifs is 3. The first-order chi connectivity index (χ1) is 13.9. The molecule has 6 nitrogen and oxygen atoms in total. The van der Waals surface area contributed by atoms with Crippen LogP contribution >= 0.6 is 11.3 Å². The molecule has 1 aromatic heterocycles. The van der Waals surface area contributed by atoms with Gasteiger partial charge in [-0.05, 0) is 55.4 Å². The van der Waals surface area contributed by atoms with E-state index in [2.05, 4.69) is 12.2 Å². The van der Waals surface area contributed by atoms with E-state index in [9.17, 15) is 19.5 Å². The third-order valence-corrected chi connectivity index (χ3v) is 7.61. The molecule has 5 atom stereocenters. The van der Waals surface area contributed by atoms with Crippen molar-refractivity contribution in [3.63, 3.8) is 0 Å². The molecular formula is C22H27NO5S. The number of anilines is 1. The molecule has 1 fully saturated rings. The van der Waals surface area contributed by atoms with Crippen molar-refractivity contribution in [1.29, 1.82) is 0 Å². The van der Waals surface area contributed by atoms with E-state index in [0.29, 0.717) is 29.5 Å². The maximum absolute atomic E-state index is 13.1. The summed E-state index contributed by atoms with van der Waals surface area (Å²) in [6.07, 6.45) is 8.02. The molecule has 0 radical (unpaired) electrons. The van der Waals surface area contributed by atoms with Crippen LogP contribution in [-0.4, -0.2) is 29.6 Å². The van der Waals surface area contributed by atoms with Gasteiger partial charge in [0.2, 0.25) is 5.91 Å². The zero-order valence-electron chi connectivity index (χ0n) is 16.8. The van der Waals surface area contributed by atoms with Gasteiger partial charge in [-0.15, -0.1) is 11.3 Å². The fraction of sp³-hybridized carbons (Fsp3) is 0.591. The summed E-state index contributed by atoms with van der Waals surface area (Å²) in [6.45, 7) is 4.47. The van der Waals surface area contributed by atoms with Gasteiger partial charge in [0, 0.05) is 4.88 Å². The van der Waals surface area contributed by atoms with Crippen molar-refractivity contribution < 1.29 is 24.2 Å². The van der Waals surface area contributed by atoms with Gasteiger partial charge in [0.25, 0.3) is 0 Å². The summed E-state index contributed by atoms with van der Waals surface area (Å²) < 4.78 is 5.40. The number of carbonyl (C=O) groups is 3. The molecule has 2 bridgehead atoms. The van der Waals surface area contributed by atoms with Crippen LogP contribution in [0.1, 0.15) is 53.9 Å². The van der Waals surface area contributed by atoms with Crippen molar-refractivity contribution in [3.05, 3.63) is 28.2 Å². The fourth-order valence-corrected chi connectivity index (χ4v) is 6.44. The Morgan fingerprint density at radius 1 is 1.24 bits per heavy atom. The van der Waals surface area contributed by atoms with Crippen LogP contribution in [-0.2, 0) is 27.2 Å². The van der Waals surface area contributed by atoms with Crippen LogP contribution in [0.15, 0.2) is 12.2 Å². The molecule has 1 aromatic rings. The lowest BCUT2D eigenvalue weighted by atomic mass is 9.82. The number of aliphatic carboxylic acids is 1. The minimum absolute atomic E-state index is 0.0498. The lowest BCUT2D eigenvalue weighted by Gasteiger charge is -2.23. The average Bonchev–Trinajstić information content (AvgIpc) is 3.37. The first-order valence-corrected chi connectivity index (χ1v) is 11.3. The van der Waals surface area contributed by atoms with Crippen molar-refractivity contribution in [2.75, 3.05) is 11.9 Å². The second kappa shape index (κ2) is 7.94. The first-order valence-electron chi connectivity index (χ1n) is 10.4. The summed E-state index contributed by atoms with van der Waals surface area (Å²) in [7, 11) is 0. The number of amides is 1. The normalized spacial score (nSPS) is 29.5.